The second-order valence-electron chi connectivity index (χ2n) is 3.73. The highest BCUT2D eigenvalue weighted by molar-refractivity contribution is 7.11. The highest BCUT2D eigenvalue weighted by Gasteiger charge is 2.11. The number of rotatable bonds is 4. The van der Waals surface area contributed by atoms with Gasteiger partial charge in [-0.25, -0.2) is 4.98 Å². The molecule has 1 rings (SSSR count). The summed E-state index contributed by atoms with van der Waals surface area (Å²) in [6, 6.07) is 0.316. The van der Waals surface area contributed by atoms with Crippen molar-refractivity contribution >= 4 is 11.3 Å². The molecule has 0 saturated heterocycles. The minimum absolute atomic E-state index is 0.316. The summed E-state index contributed by atoms with van der Waals surface area (Å²) in [5.74, 6) is 0. The molecule has 1 unspecified atom stereocenters. The van der Waals surface area contributed by atoms with Gasteiger partial charge in [0.2, 0.25) is 0 Å². The van der Waals surface area contributed by atoms with E-state index in [9.17, 15) is 0 Å². The van der Waals surface area contributed by atoms with Crippen molar-refractivity contribution in [2.75, 3.05) is 6.54 Å². The summed E-state index contributed by atoms with van der Waals surface area (Å²) in [5.41, 5.74) is 2.33. The maximum atomic E-state index is 4.51. The Kier molecular flexibility index (Phi) is 3.84. The van der Waals surface area contributed by atoms with Crippen LogP contribution in [0.4, 0.5) is 0 Å². The lowest BCUT2D eigenvalue weighted by Crippen LogP contribution is -2.21. The third kappa shape index (κ3) is 2.93. The second kappa shape index (κ2) is 4.71. The van der Waals surface area contributed by atoms with Crippen LogP contribution in [0.15, 0.2) is 12.2 Å². The van der Waals surface area contributed by atoms with Crippen LogP contribution < -0.4 is 5.32 Å². The largest absolute Gasteiger partial charge is 0.305 e. The van der Waals surface area contributed by atoms with Crippen LogP contribution in [0.5, 0.6) is 0 Å². The fourth-order valence-corrected chi connectivity index (χ4v) is 2.28. The van der Waals surface area contributed by atoms with E-state index in [1.165, 1.54) is 10.6 Å². The molecule has 1 aromatic rings. The summed E-state index contributed by atoms with van der Waals surface area (Å²) >= 11 is 1.76. The minimum Gasteiger partial charge on any atom is -0.305 e. The summed E-state index contributed by atoms with van der Waals surface area (Å²) in [7, 11) is 0. The van der Waals surface area contributed by atoms with E-state index >= 15 is 0 Å². The lowest BCUT2D eigenvalue weighted by atomic mass is 10.2. The zero-order chi connectivity index (χ0) is 10.7. The Labute approximate surface area is 90.1 Å². The molecule has 2 nitrogen and oxygen atoms in total. The van der Waals surface area contributed by atoms with Crippen molar-refractivity contribution in [3.63, 3.8) is 0 Å². The molecule has 1 aromatic heterocycles. The molecule has 3 heteroatoms. The van der Waals surface area contributed by atoms with Gasteiger partial charge in [0.25, 0.3) is 0 Å². The normalized spacial score (nSPS) is 12.9. The van der Waals surface area contributed by atoms with E-state index in [2.05, 4.69) is 30.7 Å². The Morgan fingerprint density at radius 2 is 2.21 bits per heavy atom. The molecular weight excluding hydrogens is 192 g/mol. The van der Waals surface area contributed by atoms with Crippen molar-refractivity contribution in [1.82, 2.24) is 10.3 Å². The third-order valence-electron chi connectivity index (χ3n) is 2.06. The predicted octanol–water partition coefficient (Wildman–Crippen LogP) is 2.99. The average Bonchev–Trinajstić information content (AvgIpc) is 2.41. The molecule has 14 heavy (non-hydrogen) atoms. The number of aromatic nitrogens is 1. The number of nitrogens with one attached hydrogen (secondary N) is 1. The summed E-state index contributed by atoms with van der Waals surface area (Å²) in [4.78, 5) is 5.82. The van der Waals surface area contributed by atoms with Crippen molar-refractivity contribution in [2.24, 2.45) is 0 Å². The Bertz CT molecular complexity index is 328. The number of hydrogen-bond acceptors (Lipinski definition) is 3. The van der Waals surface area contributed by atoms with E-state index < -0.39 is 0 Å². The number of hydrogen-bond donors (Lipinski definition) is 1. The lowest BCUT2D eigenvalue weighted by Gasteiger charge is -2.12. The molecule has 1 atom stereocenters. The van der Waals surface area contributed by atoms with Crippen molar-refractivity contribution in [3.05, 3.63) is 27.7 Å². The van der Waals surface area contributed by atoms with E-state index in [4.69, 9.17) is 0 Å². The molecule has 0 amide bonds. The van der Waals surface area contributed by atoms with Crippen LogP contribution in [-0.2, 0) is 0 Å². The Morgan fingerprint density at radius 1 is 1.57 bits per heavy atom. The van der Waals surface area contributed by atoms with E-state index in [-0.39, 0.29) is 0 Å². The standard InChI is InChI=1S/C11H18N2S/c1-7(2)6-12-8(3)11-9(4)14-10(5)13-11/h8,12H,1,6H2,2-5H3. The number of nitrogens with zero attached hydrogens (tertiary/aromatic N) is 1. The number of thiazole rings is 1. The average molecular weight is 210 g/mol. The van der Waals surface area contributed by atoms with Crippen LogP contribution in [0.1, 0.15) is 35.5 Å². The Hall–Kier alpha value is -0.670. The van der Waals surface area contributed by atoms with Crippen molar-refractivity contribution < 1.29 is 0 Å². The molecule has 1 N–H and O–H groups in total. The van der Waals surface area contributed by atoms with Gasteiger partial charge in [-0.05, 0) is 27.7 Å². The molecule has 0 spiro atoms. The van der Waals surface area contributed by atoms with Crippen molar-refractivity contribution in [2.45, 2.75) is 33.7 Å². The molecule has 0 aliphatic heterocycles. The summed E-state index contributed by atoms with van der Waals surface area (Å²) in [6.07, 6.45) is 0. The molecule has 1 heterocycles. The fraction of sp³-hybridized carbons (Fsp3) is 0.545. The molecule has 0 aromatic carbocycles. The van der Waals surface area contributed by atoms with Gasteiger partial charge in [-0.1, -0.05) is 12.2 Å². The monoisotopic (exact) mass is 210 g/mol. The van der Waals surface area contributed by atoms with Crippen molar-refractivity contribution in [1.29, 1.82) is 0 Å². The van der Waals surface area contributed by atoms with Crippen molar-refractivity contribution in [3.8, 4) is 0 Å². The maximum absolute atomic E-state index is 4.51. The van der Waals surface area contributed by atoms with E-state index in [1.807, 2.05) is 13.8 Å². The quantitative estimate of drug-likeness (QED) is 0.773. The first-order valence-corrected chi connectivity index (χ1v) is 5.64. The molecule has 0 bridgehead atoms. The molecule has 0 fully saturated rings. The van der Waals surface area contributed by atoms with Gasteiger partial charge >= 0.3 is 0 Å². The van der Waals surface area contributed by atoms with Gasteiger partial charge in [-0.2, -0.15) is 0 Å². The fourth-order valence-electron chi connectivity index (χ4n) is 1.37. The minimum atomic E-state index is 0.316. The summed E-state index contributed by atoms with van der Waals surface area (Å²) in [6.45, 7) is 13.1. The van der Waals surface area contributed by atoms with Crippen LogP contribution in [0, 0.1) is 13.8 Å². The van der Waals surface area contributed by atoms with Gasteiger partial charge in [0.05, 0.1) is 10.7 Å². The number of aryl methyl sites for hydroxylation is 2. The van der Waals surface area contributed by atoms with Gasteiger partial charge in [-0.3, -0.25) is 0 Å². The van der Waals surface area contributed by atoms with Crippen LogP contribution in [0.2, 0.25) is 0 Å². The van der Waals surface area contributed by atoms with Crippen LogP contribution in [-0.4, -0.2) is 11.5 Å². The Morgan fingerprint density at radius 3 is 2.64 bits per heavy atom. The van der Waals surface area contributed by atoms with E-state index in [0.29, 0.717) is 6.04 Å². The highest BCUT2D eigenvalue weighted by atomic mass is 32.1. The maximum Gasteiger partial charge on any atom is 0.0900 e. The molecular formula is C11H18N2S. The first kappa shape index (κ1) is 11.4. The van der Waals surface area contributed by atoms with E-state index in [0.717, 1.165) is 17.1 Å². The molecule has 78 valence electrons. The van der Waals surface area contributed by atoms with Gasteiger partial charge in [-0.15, -0.1) is 11.3 Å². The van der Waals surface area contributed by atoms with Gasteiger partial charge in [0.1, 0.15) is 0 Å². The van der Waals surface area contributed by atoms with Crippen LogP contribution in [0.3, 0.4) is 0 Å². The van der Waals surface area contributed by atoms with Gasteiger partial charge < -0.3 is 5.32 Å². The second-order valence-corrected chi connectivity index (χ2v) is 5.14. The first-order chi connectivity index (χ1) is 6.50. The molecule has 0 radical (unpaired) electrons. The van der Waals surface area contributed by atoms with Crippen LogP contribution >= 0.6 is 11.3 Å². The SMILES string of the molecule is C=C(C)CNC(C)c1nc(C)sc1C. The van der Waals surface area contributed by atoms with Gasteiger partial charge in [0, 0.05) is 17.5 Å². The molecule has 0 aliphatic rings. The topological polar surface area (TPSA) is 24.9 Å². The van der Waals surface area contributed by atoms with Crippen LogP contribution in [0.25, 0.3) is 0 Å². The van der Waals surface area contributed by atoms with E-state index in [1.54, 1.807) is 11.3 Å². The summed E-state index contributed by atoms with van der Waals surface area (Å²) < 4.78 is 0. The Balaban J connectivity index is 2.64. The zero-order valence-corrected chi connectivity index (χ0v) is 10.2. The lowest BCUT2D eigenvalue weighted by molar-refractivity contribution is 0.591. The zero-order valence-electron chi connectivity index (χ0n) is 9.35. The summed E-state index contributed by atoms with van der Waals surface area (Å²) in [5, 5.41) is 4.54. The highest BCUT2D eigenvalue weighted by Crippen LogP contribution is 2.22. The molecule has 0 saturated carbocycles. The van der Waals surface area contributed by atoms with Gasteiger partial charge in [0.15, 0.2) is 0 Å². The predicted molar refractivity (Wildman–Crippen MR) is 62.8 cm³/mol. The molecule has 0 aliphatic carbocycles. The third-order valence-corrected chi connectivity index (χ3v) is 2.96. The smallest absolute Gasteiger partial charge is 0.0900 e. The first-order valence-electron chi connectivity index (χ1n) is 4.82.